The number of nitrogens with zero attached hydrogens (tertiary/aromatic N) is 1. The summed E-state index contributed by atoms with van der Waals surface area (Å²) in [5.74, 6) is 0. The minimum Gasteiger partial charge on any atom is -0.372 e. The molecule has 0 amide bonds. The molecule has 0 unspecified atom stereocenters. The summed E-state index contributed by atoms with van der Waals surface area (Å²) in [6, 6.07) is 0. The van der Waals surface area contributed by atoms with Crippen LogP contribution in [0.4, 0.5) is 0 Å². The zero-order valence-corrected chi connectivity index (χ0v) is 8.79. The van der Waals surface area contributed by atoms with Gasteiger partial charge in [0.15, 0.2) is 0 Å². The quantitative estimate of drug-likeness (QED) is 0.605. The topological polar surface area (TPSA) is 12.5 Å². The molecule has 1 heterocycles. The van der Waals surface area contributed by atoms with E-state index in [9.17, 15) is 0 Å². The van der Waals surface area contributed by atoms with Crippen molar-refractivity contribution in [2.75, 3.05) is 13.1 Å². The normalized spacial score (nSPS) is 30.4. The fraction of sp³-hybridized carbons (Fsp3) is 0.636. The molecule has 74 valence electrons. The third kappa shape index (κ3) is 2.88. The summed E-state index contributed by atoms with van der Waals surface area (Å²) < 4.78 is 5.65. The standard InChI is InChI=1S/C11H19NO/c1-5-6-9(2)12-7-10(3)13-11(4)8-12/h5-6,10-11H,1,7-8H2,2-4H3/b9-6+/t10-,11+. The van der Waals surface area contributed by atoms with Crippen molar-refractivity contribution in [3.63, 3.8) is 0 Å². The van der Waals surface area contributed by atoms with Gasteiger partial charge in [-0.15, -0.1) is 0 Å². The van der Waals surface area contributed by atoms with E-state index in [-0.39, 0.29) is 0 Å². The van der Waals surface area contributed by atoms with Gasteiger partial charge >= 0.3 is 0 Å². The molecule has 0 radical (unpaired) electrons. The van der Waals surface area contributed by atoms with Crippen molar-refractivity contribution in [1.29, 1.82) is 0 Å². The lowest BCUT2D eigenvalue weighted by Gasteiger charge is -2.37. The van der Waals surface area contributed by atoms with Crippen molar-refractivity contribution < 1.29 is 4.74 Å². The van der Waals surface area contributed by atoms with Gasteiger partial charge in [-0.05, 0) is 26.8 Å². The number of ether oxygens (including phenoxy) is 1. The van der Waals surface area contributed by atoms with Gasteiger partial charge in [-0.3, -0.25) is 0 Å². The van der Waals surface area contributed by atoms with Gasteiger partial charge in [0.1, 0.15) is 0 Å². The number of hydrogen-bond acceptors (Lipinski definition) is 2. The van der Waals surface area contributed by atoms with Crippen molar-refractivity contribution in [3.8, 4) is 0 Å². The van der Waals surface area contributed by atoms with E-state index in [0.29, 0.717) is 12.2 Å². The van der Waals surface area contributed by atoms with Gasteiger partial charge in [-0.2, -0.15) is 0 Å². The fourth-order valence-electron chi connectivity index (χ4n) is 1.74. The Morgan fingerprint density at radius 2 is 1.92 bits per heavy atom. The summed E-state index contributed by atoms with van der Waals surface area (Å²) in [5, 5.41) is 0. The zero-order chi connectivity index (χ0) is 9.84. The molecule has 2 atom stereocenters. The van der Waals surface area contributed by atoms with Crippen LogP contribution in [0.2, 0.25) is 0 Å². The van der Waals surface area contributed by atoms with Crippen LogP contribution in [0, 0.1) is 0 Å². The molecule has 13 heavy (non-hydrogen) atoms. The Kier molecular flexibility index (Phi) is 3.55. The van der Waals surface area contributed by atoms with E-state index in [2.05, 4.69) is 32.3 Å². The van der Waals surface area contributed by atoms with Crippen molar-refractivity contribution in [1.82, 2.24) is 4.90 Å². The molecular formula is C11H19NO. The molecule has 0 N–H and O–H groups in total. The molecule has 1 rings (SSSR count). The van der Waals surface area contributed by atoms with Gasteiger partial charge in [0, 0.05) is 18.8 Å². The van der Waals surface area contributed by atoms with E-state index < -0.39 is 0 Å². The zero-order valence-electron chi connectivity index (χ0n) is 8.79. The molecular weight excluding hydrogens is 162 g/mol. The van der Waals surface area contributed by atoms with Crippen molar-refractivity contribution in [2.24, 2.45) is 0 Å². The summed E-state index contributed by atoms with van der Waals surface area (Å²) in [6.07, 6.45) is 4.54. The van der Waals surface area contributed by atoms with Gasteiger partial charge in [-0.1, -0.05) is 12.7 Å². The van der Waals surface area contributed by atoms with E-state index in [1.54, 1.807) is 0 Å². The largest absolute Gasteiger partial charge is 0.372 e. The van der Waals surface area contributed by atoms with Crippen LogP contribution in [0.25, 0.3) is 0 Å². The molecule has 0 aromatic rings. The maximum Gasteiger partial charge on any atom is 0.0726 e. The minimum atomic E-state index is 0.330. The molecule has 0 spiro atoms. The Morgan fingerprint density at radius 1 is 1.38 bits per heavy atom. The lowest BCUT2D eigenvalue weighted by molar-refractivity contribution is -0.0577. The highest BCUT2D eigenvalue weighted by molar-refractivity contribution is 5.08. The Morgan fingerprint density at radius 3 is 2.38 bits per heavy atom. The Labute approximate surface area is 80.9 Å². The van der Waals surface area contributed by atoms with Gasteiger partial charge in [-0.25, -0.2) is 0 Å². The minimum absolute atomic E-state index is 0.330. The first kappa shape index (κ1) is 10.3. The predicted octanol–water partition coefficient (Wildman–Crippen LogP) is 2.19. The molecule has 0 aliphatic carbocycles. The molecule has 2 nitrogen and oxygen atoms in total. The summed E-state index contributed by atoms with van der Waals surface area (Å²) in [5.41, 5.74) is 1.28. The smallest absolute Gasteiger partial charge is 0.0726 e. The molecule has 0 bridgehead atoms. The van der Waals surface area contributed by atoms with Crippen LogP contribution in [0.1, 0.15) is 20.8 Å². The van der Waals surface area contributed by atoms with Crippen LogP contribution in [-0.2, 0) is 4.74 Å². The number of morpholine rings is 1. The van der Waals surface area contributed by atoms with Crippen LogP contribution in [0.3, 0.4) is 0 Å². The SMILES string of the molecule is C=C/C=C(\C)N1C[C@@H](C)O[C@@H](C)C1. The van der Waals surface area contributed by atoms with Crippen molar-refractivity contribution >= 4 is 0 Å². The molecule has 1 saturated heterocycles. The van der Waals surface area contributed by atoms with Gasteiger partial charge < -0.3 is 9.64 Å². The third-order valence-electron chi connectivity index (χ3n) is 2.28. The predicted molar refractivity (Wildman–Crippen MR) is 55.5 cm³/mol. The second-order valence-electron chi connectivity index (χ2n) is 3.71. The van der Waals surface area contributed by atoms with Crippen LogP contribution in [-0.4, -0.2) is 30.2 Å². The average molecular weight is 181 g/mol. The van der Waals surface area contributed by atoms with E-state index in [0.717, 1.165) is 13.1 Å². The Balaban J connectivity index is 2.59. The second kappa shape index (κ2) is 4.47. The number of rotatable bonds is 2. The molecule has 0 aromatic carbocycles. The van der Waals surface area contributed by atoms with E-state index in [1.807, 2.05) is 12.2 Å². The third-order valence-corrected chi connectivity index (χ3v) is 2.28. The van der Waals surface area contributed by atoms with E-state index in [1.165, 1.54) is 5.70 Å². The molecule has 1 aliphatic heterocycles. The monoisotopic (exact) mass is 181 g/mol. The highest BCUT2D eigenvalue weighted by Gasteiger charge is 2.21. The highest BCUT2D eigenvalue weighted by atomic mass is 16.5. The molecule has 1 fully saturated rings. The van der Waals surface area contributed by atoms with Gasteiger partial charge in [0.25, 0.3) is 0 Å². The first-order valence-corrected chi connectivity index (χ1v) is 4.83. The first-order chi connectivity index (χ1) is 6.13. The summed E-state index contributed by atoms with van der Waals surface area (Å²) >= 11 is 0. The first-order valence-electron chi connectivity index (χ1n) is 4.83. The summed E-state index contributed by atoms with van der Waals surface area (Å²) in [4.78, 5) is 2.35. The van der Waals surface area contributed by atoms with Crippen molar-refractivity contribution in [3.05, 3.63) is 24.4 Å². The van der Waals surface area contributed by atoms with Crippen LogP contribution >= 0.6 is 0 Å². The lowest BCUT2D eigenvalue weighted by Crippen LogP contribution is -2.44. The maximum absolute atomic E-state index is 5.65. The maximum atomic E-state index is 5.65. The van der Waals surface area contributed by atoms with Crippen LogP contribution in [0.15, 0.2) is 24.4 Å². The lowest BCUT2D eigenvalue weighted by atomic mass is 10.2. The number of allylic oxidation sites excluding steroid dienone is 3. The Hall–Kier alpha value is -0.760. The fourth-order valence-corrected chi connectivity index (χ4v) is 1.74. The average Bonchev–Trinajstić information content (AvgIpc) is 2.03. The van der Waals surface area contributed by atoms with Gasteiger partial charge in [0.2, 0.25) is 0 Å². The van der Waals surface area contributed by atoms with Crippen molar-refractivity contribution in [2.45, 2.75) is 33.0 Å². The van der Waals surface area contributed by atoms with Gasteiger partial charge in [0.05, 0.1) is 12.2 Å². The van der Waals surface area contributed by atoms with E-state index >= 15 is 0 Å². The number of hydrogen-bond donors (Lipinski definition) is 0. The van der Waals surface area contributed by atoms with Crippen LogP contribution < -0.4 is 0 Å². The Bertz CT molecular complexity index is 200. The van der Waals surface area contributed by atoms with E-state index in [4.69, 9.17) is 4.74 Å². The highest BCUT2D eigenvalue weighted by Crippen LogP contribution is 2.15. The summed E-state index contributed by atoms with van der Waals surface area (Å²) in [6.45, 7) is 12.0. The molecule has 0 aromatic heterocycles. The molecule has 0 saturated carbocycles. The molecule has 2 heteroatoms. The summed E-state index contributed by atoms with van der Waals surface area (Å²) in [7, 11) is 0. The second-order valence-corrected chi connectivity index (χ2v) is 3.71. The van der Waals surface area contributed by atoms with Crippen LogP contribution in [0.5, 0.6) is 0 Å². The molecule has 1 aliphatic rings.